The second-order valence-corrected chi connectivity index (χ2v) is 4.27. The number of thioether (sulfide) groups is 1. The fraction of sp³-hybridized carbons (Fsp3) is 0.500. The van der Waals surface area contributed by atoms with Crippen molar-refractivity contribution in [2.24, 2.45) is 5.92 Å². The number of hydrogen-bond donors (Lipinski definition) is 1. The summed E-state index contributed by atoms with van der Waals surface area (Å²) in [5.41, 5.74) is 0.369. The van der Waals surface area contributed by atoms with Crippen LogP contribution in [0.4, 0.5) is 0 Å². The van der Waals surface area contributed by atoms with Crippen molar-refractivity contribution in [1.29, 1.82) is 0 Å². The van der Waals surface area contributed by atoms with Crippen LogP contribution in [0.1, 0.15) is 17.4 Å². The lowest BCUT2D eigenvalue weighted by Crippen LogP contribution is -2.29. The molecule has 0 spiro atoms. The molecule has 1 N–H and O–H groups in total. The van der Waals surface area contributed by atoms with Gasteiger partial charge in [0.2, 0.25) is 0 Å². The normalized spacial score (nSPS) is 12.1. The van der Waals surface area contributed by atoms with Crippen molar-refractivity contribution in [3.05, 3.63) is 24.3 Å². The summed E-state index contributed by atoms with van der Waals surface area (Å²) in [5, 5.41) is 2.83. The predicted octanol–water partition coefficient (Wildman–Crippen LogP) is 1.21. The number of carbonyl (C=O) groups is 1. The molecule has 1 atom stereocenters. The summed E-state index contributed by atoms with van der Waals surface area (Å²) in [4.78, 5) is 19.3. The lowest BCUT2D eigenvalue weighted by Gasteiger charge is -2.10. The highest BCUT2D eigenvalue weighted by atomic mass is 32.2. The first kappa shape index (κ1) is 12.0. The van der Waals surface area contributed by atoms with Gasteiger partial charge in [-0.2, -0.15) is 11.8 Å². The van der Waals surface area contributed by atoms with Gasteiger partial charge in [0.1, 0.15) is 5.69 Å². The molecule has 1 rings (SSSR count). The standard InChI is InChI=1S/C10H15N3OS/c1-8(7-15-2)5-13-10(14)9-6-11-3-4-12-9/h3-4,6,8H,5,7H2,1-2H3,(H,13,14)/t8-/m0/s1. The minimum atomic E-state index is -0.156. The van der Waals surface area contributed by atoms with E-state index in [0.29, 0.717) is 18.2 Å². The molecule has 82 valence electrons. The summed E-state index contributed by atoms with van der Waals surface area (Å²) in [5.74, 6) is 1.36. The van der Waals surface area contributed by atoms with Gasteiger partial charge in [-0.3, -0.25) is 9.78 Å². The molecule has 0 aliphatic carbocycles. The molecule has 0 saturated carbocycles. The van der Waals surface area contributed by atoms with Crippen molar-refractivity contribution in [2.45, 2.75) is 6.92 Å². The van der Waals surface area contributed by atoms with Gasteiger partial charge in [-0.05, 0) is 17.9 Å². The van der Waals surface area contributed by atoms with Crippen LogP contribution < -0.4 is 5.32 Å². The summed E-state index contributed by atoms with van der Waals surface area (Å²) < 4.78 is 0. The number of amides is 1. The van der Waals surface area contributed by atoms with Gasteiger partial charge in [0.25, 0.3) is 5.91 Å². The number of hydrogen-bond acceptors (Lipinski definition) is 4. The van der Waals surface area contributed by atoms with Gasteiger partial charge in [0.15, 0.2) is 0 Å². The summed E-state index contributed by atoms with van der Waals surface area (Å²) in [7, 11) is 0. The van der Waals surface area contributed by atoms with Crippen LogP contribution in [0.2, 0.25) is 0 Å². The van der Waals surface area contributed by atoms with Gasteiger partial charge in [0, 0.05) is 18.9 Å². The number of nitrogens with zero attached hydrogens (tertiary/aromatic N) is 2. The van der Waals surface area contributed by atoms with Crippen LogP contribution in [-0.4, -0.2) is 34.4 Å². The van der Waals surface area contributed by atoms with E-state index in [1.807, 2.05) is 0 Å². The van der Waals surface area contributed by atoms with Crippen LogP contribution in [0.3, 0.4) is 0 Å². The minimum absolute atomic E-state index is 0.156. The van der Waals surface area contributed by atoms with Gasteiger partial charge in [-0.1, -0.05) is 6.92 Å². The van der Waals surface area contributed by atoms with Gasteiger partial charge < -0.3 is 5.32 Å². The Bertz CT molecular complexity index is 305. The highest BCUT2D eigenvalue weighted by molar-refractivity contribution is 7.98. The third-order valence-corrected chi connectivity index (χ3v) is 2.76. The number of carbonyl (C=O) groups excluding carboxylic acids is 1. The van der Waals surface area contributed by atoms with Crippen molar-refractivity contribution in [1.82, 2.24) is 15.3 Å². The monoisotopic (exact) mass is 225 g/mol. The van der Waals surface area contributed by atoms with E-state index in [4.69, 9.17) is 0 Å². The Kier molecular flexibility index (Phi) is 5.10. The van der Waals surface area contributed by atoms with Crippen LogP contribution in [0.5, 0.6) is 0 Å². The Balaban J connectivity index is 2.37. The van der Waals surface area contributed by atoms with Crippen molar-refractivity contribution in [2.75, 3.05) is 18.6 Å². The lowest BCUT2D eigenvalue weighted by atomic mass is 10.2. The van der Waals surface area contributed by atoms with E-state index < -0.39 is 0 Å². The molecule has 0 aromatic carbocycles. The molecular weight excluding hydrogens is 210 g/mol. The number of nitrogens with one attached hydrogen (secondary N) is 1. The first-order valence-corrected chi connectivity index (χ1v) is 6.16. The zero-order chi connectivity index (χ0) is 11.1. The molecule has 0 aliphatic rings. The molecule has 1 amide bonds. The van der Waals surface area contributed by atoms with E-state index in [2.05, 4.69) is 28.5 Å². The zero-order valence-electron chi connectivity index (χ0n) is 8.93. The van der Waals surface area contributed by atoms with Crippen LogP contribution in [0.15, 0.2) is 18.6 Å². The van der Waals surface area contributed by atoms with Crippen molar-refractivity contribution >= 4 is 17.7 Å². The topological polar surface area (TPSA) is 54.9 Å². The number of aromatic nitrogens is 2. The molecule has 0 aliphatic heterocycles. The van der Waals surface area contributed by atoms with Crippen molar-refractivity contribution in [3.63, 3.8) is 0 Å². The quantitative estimate of drug-likeness (QED) is 0.818. The molecule has 0 radical (unpaired) electrons. The van der Waals surface area contributed by atoms with E-state index >= 15 is 0 Å². The maximum Gasteiger partial charge on any atom is 0.271 e. The Morgan fingerprint density at radius 1 is 1.60 bits per heavy atom. The Morgan fingerprint density at radius 2 is 2.40 bits per heavy atom. The lowest BCUT2D eigenvalue weighted by molar-refractivity contribution is 0.0944. The highest BCUT2D eigenvalue weighted by Gasteiger charge is 2.08. The molecule has 1 aromatic heterocycles. The SMILES string of the molecule is CSC[C@@H](C)CNC(=O)c1cnccn1. The summed E-state index contributed by atoms with van der Waals surface area (Å²) in [6, 6.07) is 0. The third-order valence-electron chi connectivity index (χ3n) is 1.86. The average Bonchev–Trinajstić information content (AvgIpc) is 2.27. The summed E-state index contributed by atoms with van der Waals surface area (Å²) in [6.07, 6.45) is 6.59. The van der Waals surface area contributed by atoms with Crippen molar-refractivity contribution < 1.29 is 4.79 Å². The van der Waals surface area contributed by atoms with Gasteiger partial charge >= 0.3 is 0 Å². The van der Waals surface area contributed by atoms with E-state index in [0.717, 1.165) is 5.75 Å². The Labute approximate surface area is 93.9 Å². The maximum atomic E-state index is 11.5. The molecule has 1 heterocycles. The van der Waals surface area contributed by atoms with Crippen LogP contribution in [0, 0.1) is 5.92 Å². The third kappa shape index (κ3) is 4.29. The van der Waals surface area contributed by atoms with Crippen LogP contribution in [0.25, 0.3) is 0 Å². The predicted molar refractivity (Wildman–Crippen MR) is 61.9 cm³/mol. The maximum absolute atomic E-state index is 11.5. The minimum Gasteiger partial charge on any atom is -0.350 e. The molecular formula is C10H15N3OS. The Hall–Kier alpha value is -1.10. The largest absolute Gasteiger partial charge is 0.350 e. The van der Waals surface area contributed by atoms with E-state index in [1.54, 1.807) is 18.0 Å². The zero-order valence-corrected chi connectivity index (χ0v) is 9.75. The Morgan fingerprint density at radius 3 is 3.00 bits per heavy atom. The molecule has 0 bridgehead atoms. The summed E-state index contributed by atoms with van der Waals surface area (Å²) in [6.45, 7) is 2.78. The van der Waals surface area contributed by atoms with Gasteiger partial charge in [-0.15, -0.1) is 0 Å². The van der Waals surface area contributed by atoms with Crippen LogP contribution in [-0.2, 0) is 0 Å². The van der Waals surface area contributed by atoms with Crippen molar-refractivity contribution in [3.8, 4) is 0 Å². The molecule has 15 heavy (non-hydrogen) atoms. The molecule has 5 heteroatoms. The molecule has 0 fully saturated rings. The second-order valence-electron chi connectivity index (χ2n) is 3.36. The fourth-order valence-electron chi connectivity index (χ4n) is 1.12. The van der Waals surface area contributed by atoms with E-state index in [1.165, 1.54) is 12.4 Å². The van der Waals surface area contributed by atoms with Crippen LogP contribution >= 0.6 is 11.8 Å². The van der Waals surface area contributed by atoms with Gasteiger partial charge in [-0.25, -0.2) is 4.98 Å². The summed E-state index contributed by atoms with van der Waals surface area (Å²) >= 11 is 1.78. The molecule has 0 unspecified atom stereocenters. The average molecular weight is 225 g/mol. The smallest absolute Gasteiger partial charge is 0.271 e. The molecule has 1 aromatic rings. The fourth-order valence-corrected chi connectivity index (χ4v) is 1.80. The highest BCUT2D eigenvalue weighted by Crippen LogP contribution is 2.02. The number of rotatable bonds is 5. The second kappa shape index (κ2) is 6.40. The van der Waals surface area contributed by atoms with Gasteiger partial charge in [0.05, 0.1) is 6.20 Å². The molecule has 4 nitrogen and oxygen atoms in total. The molecule has 0 saturated heterocycles. The first-order valence-electron chi connectivity index (χ1n) is 4.77. The first-order chi connectivity index (χ1) is 7.24. The van der Waals surface area contributed by atoms with E-state index in [-0.39, 0.29) is 5.91 Å². The van der Waals surface area contributed by atoms with E-state index in [9.17, 15) is 4.79 Å².